The number of hydrogen-bond donors (Lipinski definition) is 0. The summed E-state index contributed by atoms with van der Waals surface area (Å²) in [5.74, 6) is 0.208. The van der Waals surface area contributed by atoms with Crippen molar-refractivity contribution in [2.45, 2.75) is 45.1 Å². The average Bonchev–Trinajstić information content (AvgIpc) is 3.10. The van der Waals surface area contributed by atoms with Crippen LogP contribution in [0, 0.1) is 12.3 Å². The molecule has 0 bridgehead atoms. The van der Waals surface area contributed by atoms with Crippen molar-refractivity contribution in [2.24, 2.45) is 5.41 Å². The van der Waals surface area contributed by atoms with Gasteiger partial charge >= 0.3 is 0 Å². The van der Waals surface area contributed by atoms with Gasteiger partial charge in [-0.2, -0.15) is 0 Å². The lowest BCUT2D eigenvalue weighted by Gasteiger charge is -2.44. The van der Waals surface area contributed by atoms with E-state index in [0.717, 1.165) is 57.4 Å². The topological polar surface area (TPSA) is 62.7 Å². The van der Waals surface area contributed by atoms with Crippen molar-refractivity contribution in [3.8, 4) is 0 Å². The summed E-state index contributed by atoms with van der Waals surface area (Å²) in [5, 5.41) is 0. The number of carbonyl (C=O) groups is 2. The molecule has 4 rings (SSSR count). The summed E-state index contributed by atoms with van der Waals surface area (Å²) in [6, 6.07) is 4.05. The van der Waals surface area contributed by atoms with Crippen molar-refractivity contribution in [3.63, 3.8) is 0 Å². The maximum atomic E-state index is 13.4. The fraction of sp³-hybridized carbons (Fsp3) is 0.650. The molecule has 3 aliphatic rings. The summed E-state index contributed by atoms with van der Waals surface area (Å²) in [7, 11) is 0. The van der Waals surface area contributed by atoms with Crippen LogP contribution in [-0.4, -0.2) is 65.5 Å². The van der Waals surface area contributed by atoms with Crippen LogP contribution in [0.3, 0.4) is 0 Å². The lowest BCUT2D eigenvalue weighted by molar-refractivity contribution is -0.150. The second kappa shape index (κ2) is 6.99. The second-order valence-electron chi connectivity index (χ2n) is 7.87. The molecule has 0 aliphatic carbocycles. The molecule has 0 aromatic carbocycles. The molecule has 3 saturated heterocycles. The van der Waals surface area contributed by atoms with Gasteiger partial charge in [-0.1, -0.05) is 6.07 Å². The van der Waals surface area contributed by atoms with Crippen LogP contribution in [0.1, 0.15) is 48.2 Å². The average molecular weight is 357 g/mol. The first-order valence-corrected chi connectivity index (χ1v) is 9.70. The largest absolute Gasteiger partial charge is 0.381 e. The van der Waals surface area contributed by atoms with E-state index in [1.165, 1.54) is 0 Å². The standard InChI is InChI=1S/C20H27N3O3/c1-15-4-2-9-21-17(15)18(24)22-11-8-20(14-22)7-3-10-23(19(20)25)16-5-12-26-13-6-16/h2,4,9,16H,3,5-8,10-14H2,1H3/t20-/m0/s1. The number of hydrogen-bond acceptors (Lipinski definition) is 4. The van der Waals surface area contributed by atoms with E-state index in [2.05, 4.69) is 9.88 Å². The molecule has 1 atom stereocenters. The van der Waals surface area contributed by atoms with Crippen LogP contribution >= 0.6 is 0 Å². The van der Waals surface area contributed by atoms with Crippen LogP contribution in [0.15, 0.2) is 18.3 Å². The van der Waals surface area contributed by atoms with Crippen molar-refractivity contribution in [1.82, 2.24) is 14.8 Å². The highest BCUT2D eigenvalue weighted by atomic mass is 16.5. The third-order valence-corrected chi connectivity index (χ3v) is 6.25. The van der Waals surface area contributed by atoms with Crippen molar-refractivity contribution >= 4 is 11.8 Å². The van der Waals surface area contributed by atoms with Crippen molar-refractivity contribution in [2.75, 3.05) is 32.8 Å². The molecule has 140 valence electrons. The summed E-state index contributed by atoms with van der Waals surface area (Å²) in [6.07, 6.45) is 6.19. The van der Waals surface area contributed by atoms with Gasteiger partial charge in [0.1, 0.15) is 5.69 Å². The Morgan fingerprint density at radius 3 is 2.85 bits per heavy atom. The van der Waals surface area contributed by atoms with Crippen LogP contribution in [0.5, 0.6) is 0 Å². The number of rotatable bonds is 2. The fourth-order valence-electron chi connectivity index (χ4n) is 4.73. The molecule has 6 nitrogen and oxygen atoms in total. The predicted molar refractivity (Wildman–Crippen MR) is 96.7 cm³/mol. The minimum absolute atomic E-state index is 0.0454. The second-order valence-corrected chi connectivity index (χ2v) is 7.87. The first kappa shape index (κ1) is 17.5. The zero-order valence-corrected chi connectivity index (χ0v) is 15.4. The van der Waals surface area contributed by atoms with Gasteiger partial charge < -0.3 is 14.5 Å². The van der Waals surface area contributed by atoms with Gasteiger partial charge in [-0.05, 0) is 50.7 Å². The number of likely N-dealkylation sites (tertiary alicyclic amines) is 2. The van der Waals surface area contributed by atoms with Gasteiger partial charge in [-0.15, -0.1) is 0 Å². The highest BCUT2D eigenvalue weighted by molar-refractivity contribution is 5.95. The number of ether oxygens (including phenoxy) is 1. The Kier molecular flexibility index (Phi) is 4.69. The van der Waals surface area contributed by atoms with Crippen molar-refractivity contribution in [1.29, 1.82) is 0 Å². The van der Waals surface area contributed by atoms with Crippen LogP contribution in [0.2, 0.25) is 0 Å². The van der Waals surface area contributed by atoms with E-state index in [-0.39, 0.29) is 11.8 Å². The van der Waals surface area contributed by atoms with Gasteiger partial charge in [0.05, 0.1) is 5.41 Å². The smallest absolute Gasteiger partial charge is 0.272 e. The molecule has 0 saturated carbocycles. The number of pyridine rings is 1. The van der Waals surface area contributed by atoms with E-state index in [9.17, 15) is 9.59 Å². The number of carbonyl (C=O) groups excluding carboxylic acids is 2. The van der Waals surface area contributed by atoms with Crippen LogP contribution in [-0.2, 0) is 9.53 Å². The van der Waals surface area contributed by atoms with Gasteiger partial charge in [-0.3, -0.25) is 14.6 Å². The Balaban J connectivity index is 1.50. The summed E-state index contributed by atoms with van der Waals surface area (Å²) < 4.78 is 5.45. The minimum atomic E-state index is -0.394. The molecule has 3 aliphatic heterocycles. The maximum absolute atomic E-state index is 13.4. The molecule has 3 fully saturated rings. The number of aromatic nitrogens is 1. The van der Waals surface area contributed by atoms with E-state index in [0.29, 0.717) is 24.8 Å². The van der Waals surface area contributed by atoms with Crippen LogP contribution in [0.4, 0.5) is 0 Å². The van der Waals surface area contributed by atoms with E-state index in [4.69, 9.17) is 4.74 Å². The molecule has 0 N–H and O–H groups in total. The van der Waals surface area contributed by atoms with Gasteiger partial charge in [-0.25, -0.2) is 0 Å². The lowest BCUT2D eigenvalue weighted by Crippen LogP contribution is -2.55. The van der Waals surface area contributed by atoms with Crippen molar-refractivity contribution in [3.05, 3.63) is 29.6 Å². The SMILES string of the molecule is Cc1cccnc1C(=O)N1CC[C@@]2(CCCN(C3CCOCC3)C2=O)C1. The quantitative estimate of drug-likeness (QED) is 0.812. The molecule has 6 heteroatoms. The highest BCUT2D eigenvalue weighted by Crippen LogP contribution is 2.41. The lowest BCUT2D eigenvalue weighted by atomic mass is 9.77. The third-order valence-electron chi connectivity index (χ3n) is 6.25. The number of aryl methyl sites for hydroxylation is 1. The zero-order chi connectivity index (χ0) is 18.1. The first-order valence-electron chi connectivity index (χ1n) is 9.70. The molecular weight excluding hydrogens is 330 g/mol. The Morgan fingerprint density at radius 2 is 2.08 bits per heavy atom. The Labute approximate surface area is 154 Å². The molecule has 26 heavy (non-hydrogen) atoms. The predicted octanol–water partition coefficient (Wildman–Crippen LogP) is 2.02. The molecule has 2 amide bonds. The zero-order valence-electron chi connectivity index (χ0n) is 15.4. The van der Waals surface area contributed by atoms with Gasteiger partial charge in [0.25, 0.3) is 5.91 Å². The molecule has 0 unspecified atom stereocenters. The highest BCUT2D eigenvalue weighted by Gasteiger charge is 2.50. The Bertz CT molecular complexity index is 701. The molecule has 1 spiro atoms. The molecule has 1 aromatic heterocycles. The van der Waals surface area contributed by atoms with E-state index in [1.54, 1.807) is 6.20 Å². The van der Waals surface area contributed by atoms with Crippen molar-refractivity contribution < 1.29 is 14.3 Å². The molecular formula is C20H27N3O3. The molecule has 1 aromatic rings. The minimum Gasteiger partial charge on any atom is -0.381 e. The Morgan fingerprint density at radius 1 is 1.27 bits per heavy atom. The Hall–Kier alpha value is -1.95. The molecule has 4 heterocycles. The van der Waals surface area contributed by atoms with E-state index >= 15 is 0 Å². The molecule has 0 radical (unpaired) electrons. The van der Waals surface area contributed by atoms with Gasteiger partial charge in [0, 0.05) is 45.1 Å². The van der Waals surface area contributed by atoms with Crippen LogP contribution in [0.25, 0.3) is 0 Å². The van der Waals surface area contributed by atoms with Crippen LogP contribution < -0.4 is 0 Å². The number of nitrogens with zero attached hydrogens (tertiary/aromatic N) is 3. The number of piperidine rings is 1. The van der Waals surface area contributed by atoms with E-state index < -0.39 is 5.41 Å². The first-order chi connectivity index (χ1) is 12.6. The normalized spacial score (nSPS) is 27.3. The summed E-state index contributed by atoms with van der Waals surface area (Å²) in [4.78, 5) is 34.4. The van der Waals surface area contributed by atoms with E-state index in [1.807, 2.05) is 24.0 Å². The van der Waals surface area contributed by atoms with Gasteiger partial charge in [0.15, 0.2) is 0 Å². The summed E-state index contributed by atoms with van der Waals surface area (Å²) in [5.41, 5.74) is 1.00. The fourth-order valence-corrected chi connectivity index (χ4v) is 4.73. The third kappa shape index (κ3) is 3.00. The maximum Gasteiger partial charge on any atom is 0.272 e. The van der Waals surface area contributed by atoms with Gasteiger partial charge in [0.2, 0.25) is 5.91 Å². The number of amides is 2. The summed E-state index contributed by atoms with van der Waals surface area (Å²) in [6.45, 7) is 5.40. The monoisotopic (exact) mass is 357 g/mol. The summed E-state index contributed by atoms with van der Waals surface area (Å²) >= 11 is 0.